The molecule has 0 heterocycles. The van der Waals surface area contributed by atoms with E-state index in [4.69, 9.17) is 4.74 Å². The van der Waals surface area contributed by atoms with Crippen molar-refractivity contribution in [2.75, 3.05) is 18.0 Å². The topological polar surface area (TPSA) is 96.0 Å². The molecule has 8 nitrogen and oxygen atoms in total. The standard InChI is InChI=1S/C32H38BrN3O5S/c1-23-14-19-30(41-3)29(20-23)36(42(39,40)28-12-8-5-9-13-28)22-31(37)35(21-25-15-17-26(33)18-16-25)24(2)32(38)34-27-10-6-4-7-11-27/h5,8-9,12-20,24,27H,4,6-7,10-11,21-22H2,1-3H3,(H,34,38). The van der Waals surface area contributed by atoms with Gasteiger partial charge in [0.2, 0.25) is 11.8 Å². The zero-order chi connectivity index (χ0) is 30.3. The van der Waals surface area contributed by atoms with Crippen LogP contribution in [0.2, 0.25) is 0 Å². The van der Waals surface area contributed by atoms with Gasteiger partial charge in [-0.3, -0.25) is 13.9 Å². The van der Waals surface area contributed by atoms with Crippen LogP contribution in [0.5, 0.6) is 5.75 Å². The summed E-state index contributed by atoms with van der Waals surface area (Å²) in [7, 11) is -2.72. The highest BCUT2D eigenvalue weighted by Crippen LogP contribution is 2.34. The molecule has 2 amide bonds. The second-order valence-corrected chi connectivity index (χ2v) is 13.4. The Balaban J connectivity index is 1.71. The minimum absolute atomic E-state index is 0.0453. The molecule has 1 aliphatic rings. The molecule has 3 aromatic carbocycles. The number of nitrogens with one attached hydrogen (secondary N) is 1. The van der Waals surface area contributed by atoms with Gasteiger partial charge >= 0.3 is 0 Å². The first kappa shape index (κ1) is 31.6. The molecule has 3 aromatic rings. The lowest BCUT2D eigenvalue weighted by atomic mass is 9.95. The molecular formula is C32H38BrN3O5S. The lowest BCUT2D eigenvalue weighted by Gasteiger charge is -2.33. The predicted octanol–water partition coefficient (Wildman–Crippen LogP) is 5.83. The maximum absolute atomic E-state index is 14.2. The number of nitrogens with zero attached hydrogens (tertiary/aromatic N) is 2. The third-order valence-electron chi connectivity index (χ3n) is 7.60. The minimum Gasteiger partial charge on any atom is -0.495 e. The van der Waals surface area contributed by atoms with Gasteiger partial charge in [-0.15, -0.1) is 0 Å². The monoisotopic (exact) mass is 655 g/mol. The normalized spacial score (nSPS) is 14.6. The summed E-state index contributed by atoms with van der Waals surface area (Å²) in [6.45, 7) is 3.15. The van der Waals surface area contributed by atoms with Crippen LogP contribution in [0.15, 0.2) is 82.2 Å². The van der Waals surface area contributed by atoms with Crippen LogP contribution in [0, 0.1) is 6.92 Å². The molecule has 1 atom stereocenters. The number of rotatable bonds is 11. The van der Waals surface area contributed by atoms with E-state index in [0.717, 1.165) is 52.0 Å². The molecule has 1 fully saturated rings. The average Bonchev–Trinajstić information content (AvgIpc) is 3.00. The van der Waals surface area contributed by atoms with Crippen molar-refractivity contribution in [2.45, 2.75) is 69.5 Å². The van der Waals surface area contributed by atoms with Gasteiger partial charge in [-0.1, -0.05) is 71.6 Å². The Labute approximate surface area is 257 Å². The van der Waals surface area contributed by atoms with Gasteiger partial charge in [0.1, 0.15) is 18.3 Å². The summed E-state index contributed by atoms with van der Waals surface area (Å²) in [5, 5.41) is 3.12. The van der Waals surface area contributed by atoms with E-state index in [1.807, 2.05) is 37.3 Å². The summed E-state index contributed by atoms with van der Waals surface area (Å²) in [6.07, 6.45) is 5.10. The first-order valence-corrected chi connectivity index (χ1v) is 16.4. The molecule has 0 saturated heterocycles. The summed E-state index contributed by atoms with van der Waals surface area (Å²) in [4.78, 5) is 29.1. The van der Waals surface area contributed by atoms with Gasteiger partial charge in [-0.25, -0.2) is 8.42 Å². The fourth-order valence-electron chi connectivity index (χ4n) is 5.17. The van der Waals surface area contributed by atoms with E-state index in [2.05, 4.69) is 21.2 Å². The highest BCUT2D eigenvalue weighted by molar-refractivity contribution is 9.10. The maximum atomic E-state index is 14.2. The highest BCUT2D eigenvalue weighted by atomic mass is 79.9. The number of carbonyl (C=O) groups is 2. The third-order valence-corrected chi connectivity index (χ3v) is 9.90. The SMILES string of the molecule is COc1ccc(C)cc1N(CC(=O)N(Cc1ccc(Br)cc1)C(C)C(=O)NC1CCCCC1)S(=O)(=O)c1ccccc1. The van der Waals surface area contributed by atoms with Gasteiger partial charge in [0.25, 0.3) is 10.0 Å². The smallest absolute Gasteiger partial charge is 0.264 e. The van der Waals surface area contributed by atoms with Crippen molar-refractivity contribution in [3.63, 3.8) is 0 Å². The molecule has 42 heavy (non-hydrogen) atoms. The van der Waals surface area contributed by atoms with Gasteiger partial charge in [-0.05, 0) is 74.2 Å². The number of amides is 2. The molecule has 1 N–H and O–H groups in total. The number of ether oxygens (including phenoxy) is 1. The minimum atomic E-state index is -4.18. The van der Waals surface area contributed by atoms with E-state index >= 15 is 0 Å². The van der Waals surface area contributed by atoms with Gasteiger partial charge < -0.3 is 15.0 Å². The van der Waals surface area contributed by atoms with Crippen LogP contribution in [0.25, 0.3) is 0 Å². The van der Waals surface area contributed by atoms with Crippen molar-refractivity contribution in [1.29, 1.82) is 0 Å². The molecule has 0 radical (unpaired) electrons. The number of benzene rings is 3. The van der Waals surface area contributed by atoms with E-state index in [0.29, 0.717) is 5.75 Å². The lowest BCUT2D eigenvalue weighted by Crippen LogP contribution is -2.53. The quantitative estimate of drug-likeness (QED) is 0.281. The van der Waals surface area contributed by atoms with Crippen molar-refractivity contribution in [3.05, 3.63) is 88.4 Å². The van der Waals surface area contributed by atoms with E-state index in [1.54, 1.807) is 37.3 Å². The number of carbonyl (C=O) groups excluding carboxylic acids is 2. The molecular weight excluding hydrogens is 618 g/mol. The van der Waals surface area contributed by atoms with E-state index in [1.165, 1.54) is 24.1 Å². The molecule has 1 saturated carbocycles. The molecule has 0 aliphatic heterocycles. The number of methoxy groups -OCH3 is 1. The first-order chi connectivity index (χ1) is 20.1. The Kier molecular flexibility index (Phi) is 10.7. The van der Waals surface area contributed by atoms with Crippen LogP contribution >= 0.6 is 15.9 Å². The highest BCUT2D eigenvalue weighted by Gasteiger charge is 2.34. The van der Waals surface area contributed by atoms with Gasteiger partial charge in [0.15, 0.2) is 0 Å². The van der Waals surface area contributed by atoms with E-state index in [9.17, 15) is 18.0 Å². The van der Waals surface area contributed by atoms with Gasteiger partial charge in [-0.2, -0.15) is 0 Å². The molecule has 0 aromatic heterocycles. The average molecular weight is 657 g/mol. The second kappa shape index (κ2) is 14.2. The summed E-state index contributed by atoms with van der Waals surface area (Å²) < 4.78 is 35.6. The Bertz CT molecular complexity index is 1480. The van der Waals surface area contributed by atoms with Crippen LogP contribution in [-0.2, 0) is 26.2 Å². The summed E-state index contributed by atoms with van der Waals surface area (Å²) in [6, 6.07) is 19.9. The number of hydrogen-bond acceptors (Lipinski definition) is 5. The number of anilines is 1. The second-order valence-electron chi connectivity index (χ2n) is 10.7. The van der Waals surface area contributed by atoms with Gasteiger partial charge in [0, 0.05) is 17.1 Å². The molecule has 10 heteroatoms. The maximum Gasteiger partial charge on any atom is 0.264 e. The lowest BCUT2D eigenvalue weighted by molar-refractivity contribution is -0.139. The zero-order valence-electron chi connectivity index (χ0n) is 24.3. The van der Waals surface area contributed by atoms with Crippen LogP contribution in [0.4, 0.5) is 5.69 Å². The van der Waals surface area contributed by atoms with Crippen molar-refractivity contribution in [1.82, 2.24) is 10.2 Å². The van der Waals surface area contributed by atoms with E-state index in [-0.39, 0.29) is 29.1 Å². The summed E-state index contributed by atoms with van der Waals surface area (Å²) in [5.41, 5.74) is 1.87. The van der Waals surface area contributed by atoms with Crippen LogP contribution < -0.4 is 14.4 Å². The Morgan fingerprint density at radius 3 is 2.31 bits per heavy atom. The Morgan fingerprint density at radius 2 is 1.67 bits per heavy atom. The van der Waals surface area contributed by atoms with Crippen molar-refractivity contribution < 1.29 is 22.7 Å². The number of halogens is 1. The fraction of sp³-hybridized carbons (Fsp3) is 0.375. The van der Waals surface area contributed by atoms with Gasteiger partial charge in [0.05, 0.1) is 17.7 Å². The molecule has 1 unspecified atom stereocenters. The Hall–Kier alpha value is -3.37. The van der Waals surface area contributed by atoms with Crippen molar-refractivity contribution in [3.8, 4) is 5.75 Å². The van der Waals surface area contributed by atoms with Crippen molar-refractivity contribution >= 4 is 43.5 Å². The number of hydrogen-bond donors (Lipinski definition) is 1. The molecule has 1 aliphatic carbocycles. The van der Waals surface area contributed by atoms with E-state index < -0.39 is 28.5 Å². The summed E-state index contributed by atoms with van der Waals surface area (Å²) >= 11 is 3.44. The molecule has 224 valence electrons. The van der Waals surface area contributed by atoms with Crippen LogP contribution in [0.3, 0.4) is 0 Å². The first-order valence-electron chi connectivity index (χ1n) is 14.2. The van der Waals surface area contributed by atoms with Crippen molar-refractivity contribution in [2.24, 2.45) is 0 Å². The predicted molar refractivity (Wildman–Crippen MR) is 168 cm³/mol. The van der Waals surface area contributed by atoms with Crippen LogP contribution in [0.1, 0.15) is 50.2 Å². The number of aryl methyl sites for hydroxylation is 1. The fourth-order valence-corrected chi connectivity index (χ4v) is 6.87. The molecule has 0 bridgehead atoms. The third kappa shape index (κ3) is 7.72. The largest absolute Gasteiger partial charge is 0.495 e. The molecule has 0 spiro atoms. The summed E-state index contributed by atoms with van der Waals surface area (Å²) in [5.74, 6) is -0.444. The Morgan fingerprint density at radius 1 is 1.00 bits per heavy atom. The van der Waals surface area contributed by atoms with Crippen LogP contribution in [-0.4, -0.2) is 50.9 Å². The number of sulfonamides is 1. The molecule has 4 rings (SSSR count). The zero-order valence-corrected chi connectivity index (χ0v) is 26.7.